The molecule has 1 amide bonds. The zero-order valence-electron chi connectivity index (χ0n) is 9.75. The number of hydrogen-bond donors (Lipinski definition) is 1. The van der Waals surface area contributed by atoms with Gasteiger partial charge in [0.05, 0.1) is 0 Å². The Morgan fingerprint density at radius 3 is 2.88 bits per heavy atom. The molecule has 1 rings (SSSR count). The molecule has 0 bridgehead atoms. The summed E-state index contributed by atoms with van der Waals surface area (Å²) >= 11 is 3.41. The van der Waals surface area contributed by atoms with Crippen LogP contribution in [0.15, 0.2) is 16.7 Å². The van der Waals surface area contributed by atoms with Crippen molar-refractivity contribution < 1.29 is 4.79 Å². The second kappa shape index (κ2) is 5.84. The predicted molar refractivity (Wildman–Crippen MR) is 68.6 cm³/mol. The smallest absolute Gasteiger partial charge is 0.221 e. The molecule has 0 saturated carbocycles. The standard InChI is InChI=1S/C11H16BrN3O/c1-8-6-10(14-7-9(8)12)15(3)5-4-11(16)13-2/h6-7H,4-5H2,1-3H3,(H,13,16). The largest absolute Gasteiger partial charge is 0.359 e. The summed E-state index contributed by atoms with van der Waals surface area (Å²) < 4.78 is 0.996. The van der Waals surface area contributed by atoms with Crippen molar-refractivity contribution in [3.05, 3.63) is 22.3 Å². The summed E-state index contributed by atoms with van der Waals surface area (Å²) in [4.78, 5) is 17.4. The maximum absolute atomic E-state index is 11.1. The number of halogens is 1. The Balaban J connectivity index is 2.62. The molecule has 0 atom stereocenters. The van der Waals surface area contributed by atoms with Gasteiger partial charge in [0.25, 0.3) is 0 Å². The number of rotatable bonds is 4. The molecule has 1 aromatic heterocycles. The molecule has 5 heteroatoms. The quantitative estimate of drug-likeness (QED) is 0.916. The van der Waals surface area contributed by atoms with Crippen molar-refractivity contribution in [1.82, 2.24) is 10.3 Å². The van der Waals surface area contributed by atoms with E-state index in [1.165, 1.54) is 0 Å². The fourth-order valence-electron chi connectivity index (χ4n) is 1.24. The Hall–Kier alpha value is -1.10. The van der Waals surface area contributed by atoms with Gasteiger partial charge in [0.2, 0.25) is 5.91 Å². The molecule has 0 aliphatic rings. The van der Waals surface area contributed by atoms with E-state index in [2.05, 4.69) is 26.2 Å². The average molecular weight is 286 g/mol. The Labute approximate surface area is 104 Å². The molecule has 4 nitrogen and oxygen atoms in total. The summed E-state index contributed by atoms with van der Waals surface area (Å²) in [5, 5.41) is 2.60. The SMILES string of the molecule is CNC(=O)CCN(C)c1cc(C)c(Br)cn1. The van der Waals surface area contributed by atoms with E-state index >= 15 is 0 Å². The molecular formula is C11H16BrN3O. The molecule has 0 spiro atoms. The zero-order valence-corrected chi connectivity index (χ0v) is 11.3. The van der Waals surface area contributed by atoms with Gasteiger partial charge in [-0.2, -0.15) is 0 Å². The summed E-state index contributed by atoms with van der Waals surface area (Å²) in [7, 11) is 3.57. The van der Waals surface area contributed by atoms with E-state index in [1.807, 2.05) is 24.9 Å². The fraction of sp³-hybridized carbons (Fsp3) is 0.455. The number of nitrogens with one attached hydrogen (secondary N) is 1. The first-order valence-corrected chi connectivity index (χ1v) is 5.87. The van der Waals surface area contributed by atoms with Crippen molar-refractivity contribution in [2.24, 2.45) is 0 Å². The van der Waals surface area contributed by atoms with E-state index in [4.69, 9.17) is 0 Å². The van der Waals surface area contributed by atoms with Crippen LogP contribution in [-0.4, -0.2) is 31.5 Å². The van der Waals surface area contributed by atoms with Gasteiger partial charge in [0, 0.05) is 37.7 Å². The van der Waals surface area contributed by atoms with Crippen LogP contribution in [-0.2, 0) is 4.79 Å². The molecule has 88 valence electrons. The first kappa shape index (κ1) is 13.0. The highest BCUT2D eigenvalue weighted by atomic mass is 79.9. The van der Waals surface area contributed by atoms with Crippen LogP contribution in [0.25, 0.3) is 0 Å². The minimum Gasteiger partial charge on any atom is -0.359 e. The maximum atomic E-state index is 11.1. The molecule has 1 aromatic rings. The highest BCUT2D eigenvalue weighted by Crippen LogP contribution is 2.19. The second-order valence-electron chi connectivity index (χ2n) is 3.64. The lowest BCUT2D eigenvalue weighted by Gasteiger charge is -2.18. The summed E-state index contributed by atoms with van der Waals surface area (Å²) in [6.45, 7) is 2.68. The van der Waals surface area contributed by atoms with Crippen LogP contribution in [0.5, 0.6) is 0 Å². The number of carbonyl (C=O) groups excluding carboxylic acids is 1. The van der Waals surface area contributed by atoms with Gasteiger partial charge in [0.1, 0.15) is 5.82 Å². The van der Waals surface area contributed by atoms with E-state index in [1.54, 1.807) is 13.2 Å². The van der Waals surface area contributed by atoms with E-state index in [0.29, 0.717) is 13.0 Å². The predicted octanol–water partition coefficient (Wildman–Crippen LogP) is 1.72. The highest BCUT2D eigenvalue weighted by molar-refractivity contribution is 9.10. The van der Waals surface area contributed by atoms with Crippen LogP contribution >= 0.6 is 15.9 Å². The molecule has 0 radical (unpaired) electrons. The third-order valence-corrected chi connectivity index (χ3v) is 3.21. The van der Waals surface area contributed by atoms with Crippen LogP contribution in [0.4, 0.5) is 5.82 Å². The van der Waals surface area contributed by atoms with Gasteiger partial charge in [-0.3, -0.25) is 4.79 Å². The Morgan fingerprint density at radius 2 is 2.31 bits per heavy atom. The molecule has 0 aliphatic heterocycles. The van der Waals surface area contributed by atoms with E-state index in [0.717, 1.165) is 15.9 Å². The van der Waals surface area contributed by atoms with E-state index in [9.17, 15) is 4.79 Å². The van der Waals surface area contributed by atoms with Gasteiger partial charge in [-0.1, -0.05) is 0 Å². The molecular weight excluding hydrogens is 270 g/mol. The van der Waals surface area contributed by atoms with Crippen molar-refractivity contribution in [2.75, 3.05) is 25.5 Å². The Kier molecular flexibility index (Phi) is 4.73. The molecule has 0 aromatic carbocycles. The lowest BCUT2D eigenvalue weighted by atomic mass is 10.3. The van der Waals surface area contributed by atoms with Gasteiger partial charge in [-0.05, 0) is 34.5 Å². The third kappa shape index (κ3) is 3.48. The number of amides is 1. The second-order valence-corrected chi connectivity index (χ2v) is 4.49. The summed E-state index contributed by atoms with van der Waals surface area (Å²) in [5.41, 5.74) is 1.14. The first-order chi connectivity index (χ1) is 7.54. The number of hydrogen-bond acceptors (Lipinski definition) is 3. The van der Waals surface area contributed by atoms with Crippen molar-refractivity contribution in [3.63, 3.8) is 0 Å². The highest BCUT2D eigenvalue weighted by Gasteiger charge is 2.06. The van der Waals surface area contributed by atoms with Crippen molar-refractivity contribution >= 4 is 27.7 Å². The molecule has 0 saturated heterocycles. The molecule has 0 fully saturated rings. The van der Waals surface area contributed by atoms with Gasteiger partial charge in [0.15, 0.2) is 0 Å². The maximum Gasteiger partial charge on any atom is 0.221 e. The molecule has 0 unspecified atom stereocenters. The Morgan fingerprint density at radius 1 is 1.62 bits per heavy atom. The van der Waals surface area contributed by atoms with E-state index < -0.39 is 0 Å². The average Bonchev–Trinajstić information content (AvgIpc) is 2.29. The monoisotopic (exact) mass is 285 g/mol. The number of nitrogens with zero attached hydrogens (tertiary/aromatic N) is 2. The van der Waals surface area contributed by atoms with Gasteiger partial charge in [-0.25, -0.2) is 4.98 Å². The van der Waals surface area contributed by atoms with Crippen LogP contribution in [0.2, 0.25) is 0 Å². The van der Waals surface area contributed by atoms with Gasteiger partial charge in [-0.15, -0.1) is 0 Å². The van der Waals surface area contributed by atoms with Gasteiger partial charge < -0.3 is 10.2 Å². The normalized spacial score (nSPS) is 10.0. The third-order valence-electron chi connectivity index (χ3n) is 2.38. The lowest BCUT2D eigenvalue weighted by molar-refractivity contribution is -0.120. The number of pyridine rings is 1. The first-order valence-electron chi connectivity index (χ1n) is 5.08. The molecule has 0 aliphatic carbocycles. The van der Waals surface area contributed by atoms with Crippen LogP contribution in [0.3, 0.4) is 0 Å². The van der Waals surface area contributed by atoms with Crippen LogP contribution in [0.1, 0.15) is 12.0 Å². The van der Waals surface area contributed by atoms with Crippen LogP contribution < -0.4 is 10.2 Å². The molecule has 1 heterocycles. The number of carbonyl (C=O) groups is 1. The van der Waals surface area contributed by atoms with Crippen molar-refractivity contribution in [1.29, 1.82) is 0 Å². The molecule has 1 N–H and O–H groups in total. The fourth-order valence-corrected chi connectivity index (χ4v) is 1.46. The van der Waals surface area contributed by atoms with Gasteiger partial charge >= 0.3 is 0 Å². The Bertz CT molecular complexity index is 381. The zero-order chi connectivity index (χ0) is 12.1. The topological polar surface area (TPSA) is 45.2 Å². The van der Waals surface area contributed by atoms with Crippen molar-refractivity contribution in [3.8, 4) is 0 Å². The number of aryl methyl sites for hydroxylation is 1. The molecule has 16 heavy (non-hydrogen) atoms. The van der Waals surface area contributed by atoms with Crippen molar-refractivity contribution in [2.45, 2.75) is 13.3 Å². The summed E-state index contributed by atoms with van der Waals surface area (Å²) in [6.07, 6.45) is 2.25. The minimum atomic E-state index is 0.0423. The number of anilines is 1. The van der Waals surface area contributed by atoms with Crippen LogP contribution in [0, 0.1) is 6.92 Å². The summed E-state index contributed by atoms with van der Waals surface area (Å²) in [6, 6.07) is 1.99. The van der Waals surface area contributed by atoms with E-state index in [-0.39, 0.29) is 5.91 Å². The minimum absolute atomic E-state index is 0.0423. The summed E-state index contributed by atoms with van der Waals surface area (Å²) in [5.74, 6) is 0.922. The number of aromatic nitrogens is 1. The lowest BCUT2D eigenvalue weighted by Crippen LogP contribution is -2.26.